The minimum atomic E-state index is -0.325. The molecule has 0 bridgehead atoms. The molecule has 1 atom stereocenters. The van der Waals surface area contributed by atoms with E-state index in [4.69, 9.17) is 4.74 Å². The summed E-state index contributed by atoms with van der Waals surface area (Å²) in [6.45, 7) is 6.13. The standard InChI is InChI=1S/C15H22NO3.BrH/c1-4-6-7-14(11-17)16-9-8-13(10-12(16)3)15(18)19-5-2;/h8-11,14H,4-7H2,1-3H3;1H/q+1;/p-1. The molecule has 0 fully saturated rings. The maximum atomic E-state index is 11.6. The first-order valence-corrected chi connectivity index (χ1v) is 6.78. The van der Waals surface area contributed by atoms with Crippen LogP contribution in [0.4, 0.5) is 0 Å². The van der Waals surface area contributed by atoms with Gasteiger partial charge in [-0.3, -0.25) is 4.79 Å². The lowest BCUT2D eigenvalue weighted by Gasteiger charge is -2.09. The number of carbonyl (C=O) groups is 2. The van der Waals surface area contributed by atoms with Crippen LogP contribution in [0.1, 0.15) is 55.2 Å². The molecule has 0 radical (unpaired) electrons. The van der Waals surface area contributed by atoms with E-state index in [2.05, 4.69) is 6.92 Å². The van der Waals surface area contributed by atoms with E-state index in [1.165, 1.54) is 0 Å². The molecule has 112 valence electrons. The fourth-order valence-corrected chi connectivity index (χ4v) is 2.03. The van der Waals surface area contributed by atoms with Gasteiger partial charge in [0.15, 0.2) is 18.2 Å². The lowest BCUT2D eigenvalue weighted by atomic mass is 10.1. The highest BCUT2D eigenvalue weighted by Gasteiger charge is 2.21. The monoisotopic (exact) mass is 343 g/mol. The van der Waals surface area contributed by atoms with Crippen LogP contribution in [-0.4, -0.2) is 18.9 Å². The molecule has 0 aliphatic rings. The van der Waals surface area contributed by atoms with Gasteiger partial charge in [0.05, 0.1) is 12.2 Å². The Hall–Kier alpha value is -1.23. The Morgan fingerprint density at radius 3 is 2.65 bits per heavy atom. The summed E-state index contributed by atoms with van der Waals surface area (Å²) in [7, 11) is 0. The molecule has 1 heterocycles. The van der Waals surface area contributed by atoms with Gasteiger partial charge in [0.25, 0.3) is 0 Å². The average Bonchev–Trinajstić information content (AvgIpc) is 2.41. The van der Waals surface area contributed by atoms with Gasteiger partial charge in [0.2, 0.25) is 6.04 Å². The minimum Gasteiger partial charge on any atom is -1.00 e. The molecule has 4 nitrogen and oxygen atoms in total. The van der Waals surface area contributed by atoms with Crippen LogP contribution in [0.5, 0.6) is 0 Å². The molecule has 0 aliphatic heterocycles. The molecule has 0 aliphatic carbocycles. The van der Waals surface area contributed by atoms with Crippen LogP contribution >= 0.6 is 0 Å². The third-order valence-electron chi connectivity index (χ3n) is 3.07. The quantitative estimate of drug-likeness (QED) is 0.377. The zero-order chi connectivity index (χ0) is 14.3. The van der Waals surface area contributed by atoms with Crippen molar-refractivity contribution >= 4 is 12.3 Å². The zero-order valence-electron chi connectivity index (χ0n) is 12.3. The van der Waals surface area contributed by atoms with Crippen molar-refractivity contribution in [3.63, 3.8) is 0 Å². The van der Waals surface area contributed by atoms with Crippen molar-refractivity contribution < 1.29 is 35.9 Å². The zero-order valence-corrected chi connectivity index (χ0v) is 13.9. The van der Waals surface area contributed by atoms with Crippen molar-refractivity contribution in [1.29, 1.82) is 0 Å². The molecule has 5 heteroatoms. The highest BCUT2D eigenvalue weighted by molar-refractivity contribution is 5.89. The van der Waals surface area contributed by atoms with Gasteiger partial charge in [-0.05, 0) is 13.3 Å². The summed E-state index contributed by atoms with van der Waals surface area (Å²) in [5.74, 6) is -0.325. The first kappa shape index (κ1) is 18.8. The first-order valence-electron chi connectivity index (χ1n) is 6.78. The summed E-state index contributed by atoms with van der Waals surface area (Å²) in [6.07, 6.45) is 5.65. The van der Waals surface area contributed by atoms with E-state index in [0.717, 1.165) is 31.2 Å². The van der Waals surface area contributed by atoms with Crippen molar-refractivity contribution in [3.05, 3.63) is 29.6 Å². The fourth-order valence-electron chi connectivity index (χ4n) is 2.03. The van der Waals surface area contributed by atoms with Crippen molar-refractivity contribution in [1.82, 2.24) is 0 Å². The summed E-state index contributed by atoms with van der Waals surface area (Å²) in [5.41, 5.74) is 1.41. The third kappa shape index (κ3) is 5.04. The number of hydrogen-bond acceptors (Lipinski definition) is 3. The minimum absolute atomic E-state index is 0. The molecule has 0 N–H and O–H groups in total. The van der Waals surface area contributed by atoms with Crippen LogP contribution in [0.15, 0.2) is 18.3 Å². The predicted molar refractivity (Wildman–Crippen MR) is 72.0 cm³/mol. The smallest absolute Gasteiger partial charge is 0.338 e. The Bertz CT molecular complexity index is 449. The Balaban J connectivity index is 0.00000361. The molecule has 1 unspecified atom stereocenters. The summed E-state index contributed by atoms with van der Waals surface area (Å²) in [4.78, 5) is 22.8. The van der Waals surface area contributed by atoms with E-state index in [9.17, 15) is 9.59 Å². The lowest BCUT2D eigenvalue weighted by molar-refractivity contribution is -0.714. The van der Waals surface area contributed by atoms with Crippen LogP contribution in [0.25, 0.3) is 0 Å². The van der Waals surface area contributed by atoms with E-state index in [1.54, 1.807) is 25.3 Å². The van der Waals surface area contributed by atoms with E-state index in [0.29, 0.717) is 12.2 Å². The maximum absolute atomic E-state index is 11.6. The van der Waals surface area contributed by atoms with Gasteiger partial charge in [-0.1, -0.05) is 13.3 Å². The molecule has 1 aromatic rings. The summed E-state index contributed by atoms with van der Waals surface area (Å²) in [5, 5.41) is 0. The van der Waals surface area contributed by atoms with Crippen LogP contribution in [0.3, 0.4) is 0 Å². The van der Waals surface area contributed by atoms with Gasteiger partial charge in [-0.25, -0.2) is 4.79 Å². The Morgan fingerprint density at radius 1 is 1.45 bits per heavy atom. The first-order chi connectivity index (χ1) is 9.13. The number of unbranched alkanes of at least 4 members (excludes halogenated alkanes) is 1. The van der Waals surface area contributed by atoms with E-state index in [1.807, 2.05) is 11.5 Å². The molecule has 0 saturated carbocycles. The largest absolute Gasteiger partial charge is 1.00 e. The summed E-state index contributed by atoms with van der Waals surface area (Å²) in [6, 6.07) is 3.31. The van der Waals surface area contributed by atoms with Gasteiger partial charge in [0.1, 0.15) is 0 Å². The van der Waals surface area contributed by atoms with Crippen LogP contribution < -0.4 is 21.5 Å². The summed E-state index contributed by atoms with van der Waals surface area (Å²) >= 11 is 0. The number of halogens is 1. The second-order valence-corrected chi connectivity index (χ2v) is 4.53. The van der Waals surface area contributed by atoms with Crippen molar-refractivity contribution in [2.75, 3.05) is 6.61 Å². The Labute approximate surface area is 130 Å². The molecule has 20 heavy (non-hydrogen) atoms. The number of aryl methyl sites for hydroxylation is 1. The number of aldehydes is 1. The van der Waals surface area contributed by atoms with Crippen molar-refractivity contribution in [2.24, 2.45) is 0 Å². The number of nitrogens with zero attached hydrogens (tertiary/aromatic N) is 1. The Morgan fingerprint density at radius 2 is 2.15 bits per heavy atom. The van der Waals surface area contributed by atoms with Crippen molar-refractivity contribution in [2.45, 2.75) is 46.1 Å². The summed E-state index contributed by atoms with van der Waals surface area (Å²) < 4.78 is 6.86. The van der Waals surface area contributed by atoms with Gasteiger partial charge >= 0.3 is 5.97 Å². The normalized spacial score (nSPS) is 11.3. The molecular weight excluding hydrogens is 322 g/mol. The molecule has 0 aromatic carbocycles. The second kappa shape index (κ2) is 9.64. The predicted octanol–water partition coefficient (Wildman–Crippen LogP) is -0.607. The van der Waals surface area contributed by atoms with Gasteiger partial charge in [-0.15, -0.1) is 0 Å². The number of carbonyl (C=O) groups excluding carboxylic acids is 2. The molecular formula is C15H22BrNO3. The van der Waals surface area contributed by atoms with Crippen molar-refractivity contribution in [3.8, 4) is 0 Å². The van der Waals surface area contributed by atoms with E-state index in [-0.39, 0.29) is 29.0 Å². The number of ether oxygens (including phenoxy) is 1. The van der Waals surface area contributed by atoms with Gasteiger partial charge in [0, 0.05) is 25.5 Å². The van der Waals surface area contributed by atoms with Crippen LogP contribution in [0.2, 0.25) is 0 Å². The molecule has 1 aromatic heterocycles. The topological polar surface area (TPSA) is 47.2 Å². The molecule has 0 saturated heterocycles. The average molecular weight is 344 g/mol. The lowest BCUT2D eigenvalue weighted by Crippen LogP contribution is -3.00. The Kier molecular flexibility index (Phi) is 9.05. The van der Waals surface area contributed by atoms with E-state index >= 15 is 0 Å². The second-order valence-electron chi connectivity index (χ2n) is 4.53. The van der Waals surface area contributed by atoms with Gasteiger partial charge < -0.3 is 21.7 Å². The van der Waals surface area contributed by atoms with Crippen LogP contribution in [0, 0.1) is 6.92 Å². The number of hydrogen-bond donors (Lipinski definition) is 0. The maximum Gasteiger partial charge on any atom is 0.338 e. The SMILES string of the molecule is CCCCC(C=O)[n+]1ccc(C(=O)OCC)cc1C.[Br-]. The highest BCUT2D eigenvalue weighted by atomic mass is 79.9. The fraction of sp³-hybridized carbons (Fsp3) is 0.533. The number of esters is 1. The number of rotatable bonds is 7. The number of pyridine rings is 1. The van der Waals surface area contributed by atoms with Gasteiger partial charge in [-0.2, -0.15) is 4.57 Å². The molecule has 0 amide bonds. The molecule has 0 spiro atoms. The highest BCUT2D eigenvalue weighted by Crippen LogP contribution is 2.09. The van der Waals surface area contributed by atoms with E-state index < -0.39 is 0 Å². The number of aromatic nitrogens is 1. The third-order valence-corrected chi connectivity index (χ3v) is 3.07. The molecule has 1 rings (SSSR count). The van der Waals surface area contributed by atoms with Crippen LogP contribution in [-0.2, 0) is 9.53 Å².